The van der Waals surface area contributed by atoms with Gasteiger partial charge in [0.25, 0.3) is 5.91 Å². The van der Waals surface area contributed by atoms with Crippen LogP contribution in [0, 0.1) is 0 Å². The Morgan fingerprint density at radius 2 is 1.96 bits per heavy atom. The first-order valence-electron chi connectivity index (χ1n) is 8.27. The number of nitrogens with zero attached hydrogens (tertiary/aromatic N) is 4. The maximum absolute atomic E-state index is 12.3. The van der Waals surface area contributed by atoms with Crippen LogP contribution in [-0.2, 0) is 11.3 Å². The maximum atomic E-state index is 12.3. The second kappa shape index (κ2) is 5.42. The zero-order valence-electron chi connectivity index (χ0n) is 14.2. The van der Waals surface area contributed by atoms with Crippen LogP contribution in [0.2, 0.25) is 0 Å². The molecule has 3 aliphatic heterocycles. The molecule has 2 saturated heterocycles. The Balaban J connectivity index is 1.23. The van der Waals surface area contributed by atoms with Crippen LogP contribution in [0.5, 0.6) is 0 Å². The highest BCUT2D eigenvalue weighted by Gasteiger charge is 2.46. The van der Waals surface area contributed by atoms with Gasteiger partial charge in [0.05, 0.1) is 23.0 Å². The smallest absolute Gasteiger partial charge is 0.410 e. The average molecular weight is 350 g/mol. The summed E-state index contributed by atoms with van der Waals surface area (Å²) in [6.07, 6.45) is -0.235. The van der Waals surface area contributed by atoms with E-state index < -0.39 is 5.60 Å². The van der Waals surface area contributed by atoms with Crippen molar-refractivity contribution in [1.29, 1.82) is 0 Å². The van der Waals surface area contributed by atoms with Crippen molar-refractivity contribution in [3.8, 4) is 0 Å². The largest absolute Gasteiger partial charge is 0.444 e. The number of carbonyl (C=O) groups is 2. The molecular weight excluding hydrogens is 328 g/mol. The first-order valence-corrected chi connectivity index (χ1v) is 9.15. The van der Waals surface area contributed by atoms with Gasteiger partial charge < -0.3 is 14.5 Å². The quantitative estimate of drug-likeness (QED) is 0.807. The number of fused-ring (bicyclic) bond motifs is 1. The van der Waals surface area contributed by atoms with E-state index in [4.69, 9.17) is 4.74 Å². The predicted octanol–water partition coefficient (Wildman–Crippen LogP) is 1.40. The average Bonchev–Trinajstić information content (AvgIpc) is 2.92. The fourth-order valence-electron chi connectivity index (χ4n) is 3.36. The van der Waals surface area contributed by atoms with Gasteiger partial charge in [-0.05, 0) is 20.8 Å². The number of hydrogen-bond acceptors (Lipinski definition) is 6. The number of rotatable bonds is 2. The molecular formula is C16H22N4O3S. The van der Waals surface area contributed by atoms with E-state index >= 15 is 0 Å². The summed E-state index contributed by atoms with van der Waals surface area (Å²) in [5.41, 5.74) is 1.93. The first-order chi connectivity index (χ1) is 11.3. The molecule has 24 heavy (non-hydrogen) atoms. The summed E-state index contributed by atoms with van der Waals surface area (Å²) in [5, 5.41) is 0. The maximum Gasteiger partial charge on any atom is 0.410 e. The second-order valence-corrected chi connectivity index (χ2v) is 8.64. The fourth-order valence-corrected chi connectivity index (χ4v) is 4.11. The van der Waals surface area contributed by atoms with Crippen molar-refractivity contribution in [2.24, 2.45) is 0 Å². The molecule has 4 rings (SSSR count). The number of amides is 2. The highest BCUT2D eigenvalue weighted by molar-refractivity contribution is 7.10. The minimum Gasteiger partial charge on any atom is -0.444 e. The Labute approximate surface area is 145 Å². The van der Waals surface area contributed by atoms with E-state index in [0.29, 0.717) is 31.4 Å². The van der Waals surface area contributed by atoms with Crippen LogP contribution >= 0.6 is 11.3 Å². The van der Waals surface area contributed by atoms with Gasteiger partial charge in [-0.25, -0.2) is 9.78 Å². The number of likely N-dealkylation sites (tertiary alicyclic amines) is 2. The van der Waals surface area contributed by atoms with E-state index in [1.54, 1.807) is 21.7 Å². The lowest BCUT2D eigenvalue weighted by atomic mass is 9.99. The molecule has 0 saturated carbocycles. The van der Waals surface area contributed by atoms with E-state index in [-0.39, 0.29) is 18.0 Å². The number of aromatic nitrogens is 1. The third-order valence-corrected chi connectivity index (χ3v) is 5.60. The normalized spacial score (nSPS) is 22.4. The highest BCUT2D eigenvalue weighted by Crippen LogP contribution is 2.31. The molecule has 2 fully saturated rings. The second-order valence-electron chi connectivity index (χ2n) is 7.70. The zero-order chi connectivity index (χ0) is 17.1. The van der Waals surface area contributed by atoms with E-state index in [1.807, 2.05) is 25.7 Å². The topological polar surface area (TPSA) is 66.0 Å². The van der Waals surface area contributed by atoms with Crippen molar-refractivity contribution < 1.29 is 14.3 Å². The number of ether oxygens (including phenoxy) is 1. The van der Waals surface area contributed by atoms with Crippen molar-refractivity contribution in [2.75, 3.05) is 26.2 Å². The summed E-state index contributed by atoms with van der Waals surface area (Å²) in [7, 11) is 0. The summed E-state index contributed by atoms with van der Waals surface area (Å²) in [6.45, 7) is 9.52. The molecule has 8 heteroatoms. The Hall–Kier alpha value is -1.67. The summed E-state index contributed by atoms with van der Waals surface area (Å²) in [6, 6.07) is 0.660. The Bertz CT molecular complexity index is 671. The van der Waals surface area contributed by atoms with Gasteiger partial charge in [0.15, 0.2) is 0 Å². The van der Waals surface area contributed by atoms with E-state index in [1.165, 1.54) is 0 Å². The fraction of sp³-hybridized carbons (Fsp3) is 0.688. The van der Waals surface area contributed by atoms with Crippen molar-refractivity contribution in [3.63, 3.8) is 0 Å². The molecule has 4 heterocycles. The lowest BCUT2D eigenvalue weighted by Gasteiger charge is -2.53. The monoisotopic (exact) mass is 350 g/mol. The van der Waals surface area contributed by atoms with Crippen molar-refractivity contribution in [2.45, 2.75) is 45.0 Å². The van der Waals surface area contributed by atoms with Gasteiger partial charge in [0, 0.05) is 32.2 Å². The summed E-state index contributed by atoms with van der Waals surface area (Å²) in [4.78, 5) is 35.5. The van der Waals surface area contributed by atoms with Crippen molar-refractivity contribution in [1.82, 2.24) is 19.7 Å². The minimum absolute atomic E-state index is 0.0693. The molecule has 0 radical (unpaired) electrons. The molecule has 7 nitrogen and oxygen atoms in total. The van der Waals surface area contributed by atoms with Crippen LogP contribution in [0.3, 0.4) is 0 Å². The van der Waals surface area contributed by atoms with Crippen LogP contribution in [0.25, 0.3) is 0 Å². The molecule has 3 aliphatic rings. The number of carbonyl (C=O) groups excluding carboxylic acids is 2. The Kier molecular flexibility index (Phi) is 3.58. The summed E-state index contributed by atoms with van der Waals surface area (Å²) >= 11 is 1.56. The molecule has 2 amide bonds. The molecule has 0 bridgehead atoms. The van der Waals surface area contributed by atoms with Crippen molar-refractivity contribution in [3.05, 3.63) is 16.1 Å². The molecule has 0 aliphatic carbocycles. The molecule has 0 atom stereocenters. The lowest BCUT2D eigenvalue weighted by Crippen LogP contribution is -2.70. The SMILES string of the molecule is CC(C)(C)OC(=O)N1CC(N2CC(N3Cc4scnc4C3=O)C2)C1. The standard InChI is InChI=1S/C16H22N4O3S/c1-16(2,3)23-15(22)19-4-10(5-19)18-6-11(7-18)20-8-12-13(14(20)21)17-9-24-12/h9-11H,4-8H2,1-3H3. The van der Waals surface area contributed by atoms with Crippen LogP contribution in [-0.4, -0.2) is 75.5 Å². The lowest BCUT2D eigenvalue weighted by molar-refractivity contribution is -0.0526. The highest BCUT2D eigenvalue weighted by atomic mass is 32.1. The van der Waals surface area contributed by atoms with Gasteiger partial charge >= 0.3 is 6.09 Å². The Morgan fingerprint density at radius 3 is 2.58 bits per heavy atom. The van der Waals surface area contributed by atoms with Gasteiger partial charge in [-0.15, -0.1) is 11.3 Å². The van der Waals surface area contributed by atoms with E-state index in [2.05, 4.69) is 9.88 Å². The third kappa shape index (κ3) is 2.67. The number of hydrogen-bond donors (Lipinski definition) is 0. The molecule has 0 spiro atoms. The predicted molar refractivity (Wildman–Crippen MR) is 88.9 cm³/mol. The van der Waals surface area contributed by atoms with Gasteiger partial charge in [-0.2, -0.15) is 0 Å². The third-order valence-electron chi connectivity index (χ3n) is 4.78. The molecule has 130 valence electrons. The molecule has 0 aromatic carbocycles. The van der Waals surface area contributed by atoms with Crippen molar-refractivity contribution >= 4 is 23.3 Å². The van der Waals surface area contributed by atoms with Gasteiger partial charge in [0.2, 0.25) is 0 Å². The van der Waals surface area contributed by atoms with Crippen LogP contribution in [0.1, 0.15) is 36.1 Å². The molecule has 0 unspecified atom stereocenters. The number of thiazole rings is 1. The first kappa shape index (κ1) is 15.8. The molecule has 1 aromatic rings. The van der Waals surface area contributed by atoms with E-state index in [0.717, 1.165) is 18.0 Å². The minimum atomic E-state index is -0.450. The Morgan fingerprint density at radius 1 is 1.25 bits per heavy atom. The summed E-state index contributed by atoms with van der Waals surface area (Å²) < 4.78 is 5.37. The molecule has 0 N–H and O–H groups in total. The zero-order valence-corrected chi connectivity index (χ0v) is 15.0. The van der Waals surface area contributed by atoms with Gasteiger partial charge in [-0.1, -0.05) is 0 Å². The summed E-state index contributed by atoms with van der Waals surface area (Å²) in [5.74, 6) is 0.0693. The van der Waals surface area contributed by atoms with E-state index in [9.17, 15) is 9.59 Å². The van der Waals surface area contributed by atoms with Crippen LogP contribution in [0.15, 0.2) is 5.51 Å². The van der Waals surface area contributed by atoms with Gasteiger partial charge in [-0.3, -0.25) is 9.69 Å². The van der Waals surface area contributed by atoms with Crippen LogP contribution < -0.4 is 0 Å². The molecule has 1 aromatic heterocycles. The van der Waals surface area contributed by atoms with Gasteiger partial charge in [0.1, 0.15) is 11.3 Å². The van der Waals surface area contributed by atoms with Crippen LogP contribution in [0.4, 0.5) is 4.79 Å².